The Kier molecular flexibility index (Phi) is 5.74. The number of imidazole rings is 1. The number of aryl methyl sites for hydroxylation is 1. The first-order valence-electron chi connectivity index (χ1n) is 9.41. The van der Waals surface area contributed by atoms with Gasteiger partial charge in [0.25, 0.3) is 0 Å². The lowest BCUT2D eigenvalue weighted by atomic mass is 10.1. The van der Waals surface area contributed by atoms with Crippen LogP contribution < -0.4 is 5.32 Å². The highest BCUT2D eigenvalue weighted by Gasteiger charge is 2.23. The molecule has 1 N–H and O–H groups in total. The van der Waals surface area contributed by atoms with Crippen LogP contribution in [0.15, 0.2) is 48.5 Å². The second-order valence-corrected chi connectivity index (χ2v) is 8.07. The fourth-order valence-corrected chi connectivity index (χ4v) is 4.48. The normalized spacial score (nSPS) is 11.1. The Balaban J connectivity index is 1.81. The molecule has 4 rings (SSSR count). The number of thiazole rings is 1. The van der Waals surface area contributed by atoms with Gasteiger partial charge < -0.3 is 10.1 Å². The van der Waals surface area contributed by atoms with Crippen LogP contribution in [0.25, 0.3) is 16.2 Å². The number of carbonyl (C=O) groups is 1. The minimum Gasteiger partial charge on any atom is -0.462 e. The summed E-state index contributed by atoms with van der Waals surface area (Å²) < 4.78 is 20.7. The quantitative estimate of drug-likeness (QED) is 0.374. The molecule has 0 aliphatic carbocycles. The SMILES string of the molecule is CCOC(=O)c1sc2nc(-c3cccc(Cl)c3)c(NCc3cccc(F)c3)n2c1C. The summed E-state index contributed by atoms with van der Waals surface area (Å²) in [6, 6.07) is 13.8. The van der Waals surface area contributed by atoms with Crippen molar-refractivity contribution in [3.63, 3.8) is 0 Å². The minimum atomic E-state index is -0.370. The molecule has 0 radical (unpaired) electrons. The van der Waals surface area contributed by atoms with Crippen LogP contribution in [0.4, 0.5) is 10.2 Å². The van der Waals surface area contributed by atoms with E-state index in [0.29, 0.717) is 39.5 Å². The lowest BCUT2D eigenvalue weighted by molar-refractivity contribution is 0.0531. The Morgan fingerprint density at radius 3 is 2.80 bits per heavy atom. The molecule has 2 aromatic carbocycles. The zero-order valence-electron chi connectivity index (χ0n) is 16.4. The predicted molar refractivity (Wildman–Crippen MR) is 118 cm³/mol. The summed E-state index contributed by atoms with van der Waals surface area (Å²) in [6.45, 7) is 4.32. The van der Waals surface area contributed by atoms with Crippen molar-refractivity contribution in [1.82, 2.24) is 9.38 Å². The molecule has 5 nitrogen and oxygen atoms in total. The molecule has 0 amide bonds. The van der Waals surface area contributed by atoms with Gasteiger partial charge in [-0.3, -0.25) is 4.40 Å². The number of rotatable bonds is 6. The van der Waals surface area contributed by atoms with Gasteiger partial charge in [0.05, 0.1) is 6.61 Å². The predicted octanol–water partition coefficient (Wildman–Crippen LogP) is 5.95. The minimum absolute atomic E-state index is 0.292. The highest BCUT2D eigenvalue weighted by atomic mass is 35.5. The molecule has 0 atom stereocenters. The van der Waals surface area contributed by atoms with Crippen LogP contribution in [0.5, 0.6) is 0 Å². The molecular weight excluding hydrogens is 425 g/mol. The summed E-state index contributed by atoms with van der Waals surface area (Å²) in [5.41, 5.74) is 3.08. The number of benzene rings is 2. The largest absolute Gasteiger partial charge is 0.462 e. The van der Waals surface area contributed by atoms with Gasteiger partial charge in [0.2, 0.25) is 0 Å². The number of halogens is 2. The first kappa shape index (κ1) is 20.4. The van der Waals surface area contributed by atoms with E-state index in [2.05, 4.69) is 5.32 Å². The summed E-state index contributed by atoms with van der Waals surface area (Å²) >= 11 is 7.46. The molecule has 30 heavy (non-hydrogen) atoms. The van der Waals surface area contributed by atoms with Crippen LogP contribution in [0.1, 0.15) is 27.9 Å². The molecule has 154 valence electrons. The fraction of sp³-hybridized carbons (Fsp3) is 0.182. The third-order valence-electron chi connectivity index (χ3n) is 4.61. The first-order chi connectivity index (χ1) is 14.5. The standard InChI is InChI=1S/C22H19ClFN3O2S/c1-3-29-21(28)19-13(2)27-20(25-12-14-6-4-9-17(24)10-14)18(26-22(27)30-19)15-7-5-8-16(23)11-15/h4-11,25H,3,12H2,1-2H3. The molecule has 2 heterocycles. The molecule has 0 spiro atoms. The van der Waals surface area contributed by atoms with Crippen molar-refractivity contribution < 1.29 is 13.9 Å². The summed E-state index contributed by atoms with van der Waals surface area (Å²) in [5.74, 6) is 0.0471. The van der Waals surface area contributed by atoms with E-state index < -0.39 is 0 Å². The average Bonchev–Trinajstić information content (AvgIpc) is 3.23. The molecular formula is C22H19ClFN3O2S. The highest BCUT2D eigenvalue weighted by molar-refractivity contribution is 7.19. The number of esters is 1. The smallest absolute Gasteiger partial charge is 0.350 e. The van der Waals surface area contributed by atoms with E-state index in [4.69, 9.17) is 21.3 Å². The average molecular weight is 444 g/mol. The zero-order chi connectivity index (χ0) is 21.3. The van der Waals surface area contributed by atoms with Crippen molar-refractivity contribution in [3.05, 3.63) is 75.5 Å². The number of nitrogens with zero attached hydrogens (tertiary/aromatic N) is 2. The van der Waals surface area contributed by atoms with Gasteiger partial charge in [-0.05, 0) is 43.7 Å². The molecule has 0 aliphatic heterocycles. The van der Waals surface area contributed by atoms with Crippen molar-refractivity contribution in [2.24, 2.45) is 0 Å². The van der Waals surface area contributed by atoms with E-state index in [1.807, 2.05) is 35.6 Å². The second-order valence-electron chi connectivity index (χ2n) is 6.66. The van der Waals surface area contributed by atoms with E-state index in [0.717, 1.165) is 16.8 Å². The summed E-state index contributed by atoms with van der Waals surface area (Å²) in [7, 11) is 0. The molecule has 4 aromatic rings. The number of nitrogens with one attached hydrogen (secondary N) is 1. The fourth-order valence-electron chi connectivity index (χ4n) is 3.27. The molecule has 0 fully saturated rings. The molecule has 0 saturated carbocycles. The number of carbonyl (C=O) groups excluding carboxylic acids is 1. The van der Waals surface area contributed by atoms with Crippen molar-refractivity contribution in [2.75, 3.05) is 11.9 Å². The number of anilines is 1. The number of hydrogen-bond acceptors (Lipinski definition) is 5. The molecule has 0 aliphatic rings. The molecule has 8 heteroatoms. The van der Waals surface area contributed by atoms with Crippen LogP contribution in [-0.2, 0) is 11.3 Å². The van der Waals surface area contributed by atoms with Gasteiger partial charge >= 0.3 is 5.97 Å². The van der Waals surface area contributed by atoms with E-state index in [9.17, 15) is 9.18 Å². The van der Waals surface area contributed by atoms with E-state index >= 15 is 0 Å². The maximum absolute atomic E-state index is 13.6. The van der Waals surface area contributed by atoms with Gasteiger partial charge in [0.1, 0.15) is 22.2 Å². The van der Waals surface area contributed by atoms with Crippen LogP contribution in [0.3, 0.4) is 0 Å². The highest BCUT2D eigenvalue weighted by Crippen LogP contribution is 2.35. The van der Waals surface area contributed by atoms with E-state index in [-0.39, 0.29) is 11.8 Å². The topological polar surface area (TPSA) is 55.6 Å². The van der Waals surface area contributed by atoms with Crippen LogP contribution >= 0.6 is 22.9 Å². The van der Waals surface area contributed by atoms with Crippen LogP contribution in [0, 0.1) is 12.7 Å². The van der Waals surface area contributed by atoms with Crippen molar-refractivity contribution >= 4 is 39.7 Å². The van der Waals surface area contributed by atoms with Gasteiger partial charge in [-0.1, -0.05) is 47.2 Å². The van der Waals surface area contributed by atoms with Crippen molar-refractivity contribution in [3.8, 4) is 11.3 Å². The molecule has 0 bridgehead atoms. The van der Waals surface area contributed by atoms with Gasteiger partial charge in [-0.25, -0.2) is 14.2 Å². The number of aromatic nitrogens is 2. The summed E-state index contributed by atoms with van der Waals surface area (Å²) in [5, 5.41) is 3.97. The van der Waals surface area contributed by atoms with Crippen molar-refractivity contribution in [2.45, 2.75) is 20.4 Å². The van der Waals surface area contributed by atoms with Gasteiger partial charge in [0.15, 0.2) is 4.96 Å². The third-order valence-corrected chi connectivity index (χ3v) is 5.97. The van der Waals surface area contributed by atoms with Gasteiger partial charge in [0, 0.05) is 22.8 Å². The Labute approximate surface area is 182 Å². The maximum atomic E-state index is 13.6. The molecule has 0 saturated heterocycles. The summed E-state index contributed by atoms with van der Waals surface area (Å²) in [6.07, 6.45) is 0. The van der Waals surface area contributed by atoms with Crippen molar-refractivity contribution in [1.29, 1.82) is 0 Å². The lowest BCUT2D eigenvalue weighted by Crippen LogP contribution is -2.07. The number of hydrogen-bond donors (Lipinski definition) is 1. The van der Waals surface area contributed by atoms with Crippen LogP contribution in [0.2, 0.25) is 5.02 Å². The Hall–Kier alpha value is -2.90. The van der Waals surface area contributed by atoms with Crippen LogP contribution in [-0.4, -0.2) is 22.0 Å². The Bertz CT molecular complexity index is 1230. The molecule has 0 unspecified atom stereocenters. The summed E-state index contributed by atoms with van der Waals surface area (Å²) in [4.78, 5) is 18.2. The monoisotopic (exact) mass is 443 g/mol. The zero-order valence-corrected chi connectivity index (χ0v) is 18.0. The Morgan fingerprint density at radius 2 is 2.07 bits per heavy atom. The number of fused-ring (bicyclic) bond motifs is 1. The maximum Gasteiger partial charge on any atom is 0.350 e. The van der Waals surface area contributed by atoms with Gasteiger partial charge in [-0.2, -0.15) is 0 Å². The Morgan fingerprint density at radius 1 is 1.27 bits per heavy atom. The second kappa shape index (κ2) is 8.45. The van der Waals surface area contributed by atoms with Gasteiger partial charge in [-0.15, -0.1) is 0 Å². The van der Waals surface area contributed by atoms with E-state index in [1.165, 1.54) is 23.5 Å². The lowest BCUT2D eigenvalue weighted by Gasteiger charge is -2.10. The first-order valence-corrected chi connectivity index (χ1v) is 10.6. The number of ether oxygens (including phenoxy) is 1. The third kappa shape index (κ3) is 3.91. The molecule has 2 aromatic heterocycles. The van der Waals surface area contributed by atoms with E-state index in [1.54, 1.807) is 19.1 Å².